The predicted octanol–water partition coefficient (Wildman–Crippen LogP) is 4.81. The Morgan fingerprint density at radius 2 is 1.86 bits per heavy atom. The number of carbonyl (C=O) groups is 1. The molecule has 0 atom stereocenters. The molecule has 0 unspecified atom stereocenters. The summed E-state index contributed by atoms with van der Waals surface area (Å²) in [5, 5.41) is 14.8. The number of rotatable bonds is 12. The van der Waals surface area contributed by atoms with Crippen LogP contribution in [0, 0.1) is 17.0 Å². The largest absolute Gasteiger partial charge is 0.497 e. The minimum absolute atomic E-state index is 0.217. The van der Waals surface area contributed by atoms with Crippen LogP contribution in [0.25, 0.3) is 0 Å². The molecule has 0 radical (unpaired) electrons. The first-order chi connectivity index (χ1) is 17.6. The molecule has 3 rings (SSSR count). The first kappa shape index (κ1) is 28.3. The number of benzene rings is 3. The summed E-state index contributed by atoms with van der Waals surface area (Å²) in [5.74, 6) is 1.32. The van der Waals surface area contributed by atoms with Crippen LogP contribution in [0.1, 0.15) is 11.1 Å². The number of carbonyl (C=O) groups excluding carboxylic acids is 1. The van der Waals surface area contributed by atoms with Gasteiger partial charge in [-0.05, 0) is 55.0 Å². The fourth-order valence-corrected chi connectivity index (χ4v) is 5.86. The molecule has 196 valence electrons. The summed E-state index contributed by atoms with van der Waals surface area (Å²) in [6.07, 6.45) is 0. The maximum absolute atomic E-state index is 13.5. The van der Waals surface area contributed by atoms with Gasteiger partial charge >= 0.3 is 0 Å². The second kappa shape index (κ2) is 12.8. The highest BCUT2D eigenvalue weighted by atomic mass is 35.5. The van der Waals surface area contributed by atoms with Crippen molar-refractivity contribution in [3.63, 3.8) is 0 Å². The third kappa shape index (κ3) is 7.61. The summed E-state index contributed by atoms with van der Waals surface area (Å²) < 4.78 is 33.2. The highest BCUT2D eigenvalue weighted by molar-refractivity contribution is 7.98. The summed E-state index contributed by atoms with van der Waals surface area (Å²) in [6, 6.07) is 17.3. The summed E-state index contributed by atoms with van der Waals surface area (Å²) in [7, 11) is -2.83. The number of nitro benzene ring substituents is 1. The summed E-state index contributed by atoms with van der Waals surface area (Å²) in [6.45, 7) is 1.35. The molecule has 1 amide bonds. The van der Waals surface area contributed by atoms with E-state index in [4.69, 9.17) is 16.3 Å². The number of sulfonamides is 1. The number of ether oxygens (including phenoxy) is 1. The molecule has 12 heteroatoms. The molecule has 3 aromatic carbocycles. The van der Waals surface area contributed by atoms with Crippen molar-refractivity contribution in [2.24, 2.45) is 0 Å². The zero-order valence-corrected chi connectivity index (χ0v) is 22.6. The number of aryl methyl sites for hydroxylation is 1. The van der Waals surface area contributed by atoms with E-state index in [9.17, 15) is 23.3 Å². The number of nitrogens with zero attached hydrogens (tertiary/aromatic N) is 2. The van der Waals surface area contributed by atoms with Gasteiger partial charge in [-0.25, -0.2) is 8.42 Å². The molecule has 3 aromatic rings. The van der Waals surface area contributed by atoms with Crippen molar-refractivity contribution in [2.45, 2.75) is 17.6 Å². The van der Waals surface area contributed by atoms with Crippen molar-refractivity contribution in [1.82, 2.24) is 5.32 Å². The van der Waals surface area contributed by atoms with Gasteiger partial charge in [-0.15, -0.1) is 0 Å². The van der Waals surface area contributed by atoms with Gasteiger partial charge in [0, 0.05) is 34.7 Å². The molecule has 0 bridgehead atoms. The van der Waals surface area contributed by atoms with E-state index in [2.05, 4.69) is 5.32 Å². The van der Waals surface area contributed by atoms with Gasteiger partial charge in [0.25, 0.3) is 15.7 Å². The molecule has 0 aromatic heterocycles. The Kier molecular flexibility index (Phi) is 9.79. The van der Waals surface area contributed by atoms with Crippen molar-refractivity contribution in [1.29, 1.82) is 0 Å². The molecule has 37 heavy (non-hydrogen) atoms. The maximum atomic E-state index is 13.5. The standard InChI is InChI=1S/C25H26ClN3O6S2/c1-18-6-11-23(15-24(18)29(31)32)37(33,34)28(21-7-9-22(35-2)10-8-21)16-25(30)27-12-13-36-17-19-4-3-5-20(26)14-19/h3-11,14-15H,12-13,16-17H2,1-2H3,(H,27,30). The minimum Gasteiger partial charge on any atom is -0.497 e. The number of amides is 1. The lowest BCUT2D eigenvalue weighted by Crippen LogP contribution is -2.41. The number of methoxy groups -OCH3 is 1. The molecule has 0 saturated carbocycles. The van der Waals surface area contributed by atoms with Gasteiger partial charge in [0.05, 0.1) is 22.6 Å². The highest BCUT2D eigenvalue weighted by Crippen LogP contribution is 2.29. The van der Waals surface area contributed by atoms with E-state index < -0.39 is 27.4 Å². The Balaban J connectivity index is 1.74. The van der Waals surface area contributed by atoms with Crippen molar-refractivity contribution in [3.8, 4) is 5.75 Å². The van der Waals surface area contributed by atoms with Gasteiger partial charge < -0.3 is 10.1 Å². The van der Waals surface area contributed by atoms with E-state index in [1.165, 1.54) is 38.3 Å². The normalized spacial score (nSPS) is 11.1. The molecule has 9 nitrogen and oxygen atoms in total. The van der Waals surface area contributed by atoms with Gasteiger partial charge in [-0.1, -0.05) is 29.8 Å². The molecule has 0 spiro atoms. The number of hydrogen-bond acceptors (Lipinski definition) is 7. The molecule has 0 aliphatic carbocycles. The van der Waals surface area contributed by atoms with Crippen molar-refractivity contribution >= 4 is 50.7 Å². The van der Waals surface area contributed by atoms with Crippen LogP contribution in [-0.2, 0) is 20.6 Å². The lowest BCUT2D eigenvalue weighted by Gasteiger charge is -2.24. The molecule has 0 aliphatic rings. The van der Waals surface area contributed by atoms with Crippen molar-refractivity contribution in [2.75, 3.05) is 30.3 Å². The highest BCUT2D eigenvalue weighted by Gasteiger charge is 2.29. The fraction of sp³-hybridized carbons (Fsp3) is 0.240. The van der Waals surface area contributed by atoms with Gasteiger partial charge in [0.15, 0.2) is 0 Å². The van der Waals surface area contributed by atoms with Crippen molar-refractivity contribution < 1.29 is 22.9 Å². The average Bonchev–Trinajstić information content (AvgIpc) is 2.87. The smallest absolute Gasteiger partial charge is 0.273 e. The van der Waals surface area contributed by atoms with Crippen LogP contribution >= 0.6 is 23.4 Å². The Bertz CT molecular complexity index is 1370. The number of nitro groups is 1. The van der Waals surface area contributed by atoms with Gasteiger partial charge in [-0.2, -0.15) is 11.8 Å². The number of nitrogens with one attached hydrogen (secondary N) is 1. The topological polar surface area (TPSA) is 119 Å². The van der Waals surface area contributed by atoms with E-state index in [1.807, 2.05) is 18.2 Å². The first-order valence-electron chi connectivity index (χ1n) is 11.1. The fourth-order valence-electron chi connectivity index (χ4n) is 3.40. The molecule has 0 aliphatic heterocycles. The molecule has 0 saturated heterocycles. The van der Waals surface area contributed by atoms with Crippen LogP contribution in [0.2, 0.25) is 5.02 Å². The molecular formula is C25H26ClN3O6S2. The van der Waals surface area contributed by atoms with Crippen LogP contribution in [-0.4, -0.2) is 45.2 Å². The third-order valence-corrected chi connectivity index (χ3v) is 8.37. The van der Waals surface area contributed by atoms with Crippen LogP contribution in [0.5, 0.6) is 5.75 Å². The number of halogens is 1. The zero-order chi connectivity index (χ0) is 27.0. The second-order valence-electron chi connectivity index (χ2n) is 7.95. The zero-order valence-electron chi connectivity index (χ0n) is 20.2. The molecule has 0 fully saturated rings. The maximum Gasteiger partial charge on any atom is 0.273 e. The van der Waals surface area contributed by atoms with Crippen LogP contribution < -0.4 is 14.4 Å². The van der Waals surface area contributed by atoms with Crippen LogP contribution in [0.4, 0.5) is 11.4 Å². The SMILES string of the molecule is COc1ccc(N(CC(=O)NCCSCc2cccc(Cl)c2)S(=O)(=O)c2ccc(C)c([N+](=O)[O-])c2)cc1. The third-order valence-electron chi connectivity index (χ3n) is 5.34. The summed E-state index contributed by atoms with van der Waals surface area (Å²) in [5.41, 5.74) is 1.28. The molecule has 0 heterocycles. The summed E-state index contributed by atoms with van der Waals surface area (Å²) in [4.78, 5) is 23.2. The molecular weight excluding hydrogens is 538 g/mol. The lowest BCUT2D eigenvalue weighted by molar-refractivity contribution is -0.385. The van der Waals surface area contributed by atoms with E-state index >= 15 is 0 Å². The summed E-state index contributed by atoms with van der Waals surface area (Å²) >= 11 is 7.60. The number of thioether (sulfide) groups is 1. The number of anilines is 1. The van der Waals surface area contributed by atoms with E-state index in [1.54, 1.807) is 30.0 Å². The lowest BCUT2D eigenvalue weighted by atomic mass is 10.2. The van der Waals surface area contributed by atoms with Crippen molar-refractivity contribution in [3.05, 3.63) is 93.0 Å². The number of hydrogen-bond donors (Lipinski definition) is 1. The van der Waals surface area contributed by atoms with Gasteiger partial charge in [0.2, 0.25) is 5.91 Å². The Morgan fingerprint density at radius 3 is 2.51 bits per heavy atom. The second-order valence-corrected chi connectivity index (χ2v) is 11.4. The average molecular weight is 564 g/mol. The van der Waals surface area contributed by atoms with Gasteiger partial charge in [0.1, 0.15) is 12.3 Å². The molecule has 1 N–H and O–H groups in total. The quantitative estimate of drug-likeness (QED) is 0.191. The van der Waals surface area contributed by atoms with E-state index in [-0.39, 0.29) is 16.3 Å². The monoisotopic (exact) mass is 563 g/mol. The predicted molar refractivity (Wildman–Crippen MR) is 146 cm³/mol. The Morgan fingerprint density at radius 1 is 1.14 bits per heavy atom. The van der Waals surface area contributed by atoms with E-state index in [0.717, 1.165) is 21.7 Å². The first-order valence-corrected chi connectivity index (χ1v) is 14.1. The Labute approximate surface area is 225 Å². The minimum atomic E-state index is -4.31. The van der Waals surface area contributed by atoms with Gasteiger partial charge in [-0.3, -0.25) is 19.2 Å². The van der Waals surface area contributed by atoms with Crippen LogP contribution in [0.15, 0.2) is 71.6 Å². The van der Waals surface area contributed by atoms with Crippen LogP contribution in [0.3, 0.4) is 0 Å². The van der Waals surface area contributed by atoms with E-state index in [0.29, 0.717) is 28.6 Å². The Hall–Kier alpha value is -3.28.